The fourth-order valence-corrected chi connectivity index (χ4v) is 2.39. The van der Waals surface area contributed by atoms with Gasteiger partial charge in [0.25, 0.3) is 0 Å². The summed E-state index contributed by atoms with van der Waals surface area (Å²) in [5, 5.41) is 5.07. The molecule has 0 aliphatic rings. The molecular formula is C18H13FN4O. The molecule has 0 saturated heterocycles. The average molecular weight is 320 g/mol. The van der Waals surface area contributed by atoms with Gasteiger partial charge in [0.2, 0.25) is 5.88 Å². The van der Waals surface area contributed by atoms with Gasteiger partial charge < -0.3 is 4.74 Å². The summed E-state index contributed by atoms with van der Waals surface area (Å²) < 4.78 is 20.5. The number of rotatable bonds is 3. The molecule has 0 aliphatic heterocycles. The molecule has 0 fully saturated rings. The molecule has 2 aromatic heterocycles. The van der Waals surface area contributed by atoms with E-state index >= 15 is 0 Å². The molecule has 4 rings (SSSR count). The first-order valence-electron chi connectivity index (χ1n) is 7.40. The number of ether oxygens (including phenoxy) is 1. The Morgan fingerprint density at radius 1 is 0.958 bits per heavy atom. The molecular weight excluding hydrogens is 307 g/mol. The normalized spacial score (nSPS) is 10.9. The van der Waals surface area contributed by atoms with E-state index in [9.17, 15) is 4.39 Å². The van der Waals surface area contributed by atoms with Crippen LogP contribution in [0, 0.1) is 12.7 Å². The second-order valence-corrected chi connectivity index (χ2v) is 5.36. The van der Waals surface area contributed by atoms with E-state index in [4.69, 9.17) is 4.74 Å². The lowest BCUT2D eigenvalue weighted by Gasteiger charge is -2.06. The van der Waals surface area contributed by atoms with Crippen LogP contribution in [0.5, 0.6) is 11.6 Å². The Balaban J connectivity index is 1.76. The van der Waals surface area contributed by atoms with Gasteiger partial charge in [-0.25, -0.2) is 19.0 Å². The van der Waals surface area contributed by atoms with Crippen molar-refractivity contribution in [1.29, 1.82) is 0 Å². The van der Waals surface area contributed by atoms with E-state index < -0.39 is 0 Å². The number of benzene rings is 2. The Bertz CT molecular complexity index is 994. The number of halogens is 1. The van der Waals surface area contributed by atoms with E-state index in [1.165, 1.54) is 24.0 Å². The van der Waals surface area contributed by atoms with Crippen LogP contribution >= 0.6 is 0 Å². The predicted octanol–water partition coefficient (Wildman–Crippen LogP) is 4.06. The van der Waals surface area contributed by atoms with Gasteiger partial charge in [-0.05, 0) is 43.3 Å². The molecule has 0 spiro atoms. The summed E-state index contributed by atoms with van der Waals surface area (Å²) in [7, 11) is 0. The molecule has 0 atom stereocenters. The Kier molecular flexibility index (Phi) is 3.42. The second-order valence-electron chi connectivity index (χ2n) is 5.36. The van der Waals surface area contributed by atoms with Gasteiger partial charge in [-0.15, -0.1) is 0 Å². The Morgan fingerprint density at radius 2 is 1.71 bits per heavy atom. The number of aryl methyl sites for hydroxylation is 1. The summed E-state index contributed by atoms with van der Waals surface area (Å²) in [5.74, 6) is 0.562. The van der Waals surface area contributed by atoms with Crippen molar-refractivity contribution in [3.8, 4) is 17.3 Å². The summed E-state index contributed by atoms with van der Waals surface area (Å²) in [6.45, 7) is 2.03. The molecule has 2 aromatic carbocycles. The van der Waals surface area contributed by atoms with Crippen molar-refractivity contribution in [1.82, 2.24) is 19.7 Å². The third-order valence-electron chi connectivity index (χ3n) is 3.64. The maximum atomic E-state index is 13.0. The van der Waals surface area contributed by atoms with E-state index in [0.717, 1.165) is 5.69 Å². The molecule has 0 radical (unpaired) electrons. The molecule has 0 N–H and O–H groups in total. The Hall–Kier alpha value is -3.28. The minimum atomic E-state index is -0.317. The molecule has 24 heavy (non-hydrogen) atoms. The van der Waals surface area contributed by atoms with Gasteiger partial charge in [0.1, 0.15) is 23.3 Å². The number of hydrogen-bond acceptors (Lipinski definition) is 4. The van der Waals surface area contributed by atoms with Gasteiger partial charge in [-0.3, -0.25) is 0 Å². The summed E-state index contributed by atoms with van der Waals surface area (Å²) in [6.07, 6.45) is 3.08. The van der Waals surface area contributed by atoms with Crippen molar-refractivity contribution in [2.24, 2.45) is 0 Å². The van der Waals surface area contributed by atoms with Crippen molar-refractivity contribution in [2.75, 3.05) is 0 Å². The summed E-state index contributed by atoms with van der Waals surface area (Å²) in [4.78, 5) is 8.47. The topological polar surface area (TPSA) is 52.8 Å². The van der Waals surface area contributed by atoms with Crippen LogP contribution in [0.2, 0.25) is 0 Å². The average Bonchev–Trinajstić information content (AvgIpc) is 3.03. The molecule has 6 heteroatoms. The van der Waals surface area contributed by atoms with Crippen LogP contribution in [-0.4, -0.2) is 19.7 Å². The van der Waals surface area contributed by atoms with Crippen LogP contribution in [0.3, 0.4) is 0 Å². The van der Waals surface area contributed by atoms with Crippen LogP contribution < -0.4 is 4.74 Å². The largest absolute Gasteiger partial charge is 0.438 e. The molecule has 0 unspecified atom stereocenters. The van der Waals surface area contributed by atoms with Crippen molar-refractivity contribution in [3.05, 3.63) is 72.4 Å². The Labute approximate surface area is 137 Å². The molecule has 4 aromatic rings. The highest BCUT2D eigenvalue weighted by molar-refractivity contribution is 5.81. The van der Waals surface area contributed by atoms with Crippen molar-refractivity contribution < 1.29 is 9.13 Å². The van der Waals surface area contributed by atoms with Crippen LogP contribution in [0.25, 0.3) is 16.7 Å². The zero-order chi connectivity index (χ0) is 16.5. The van der Waals surface area contributed by atoms with Gasteiger partial charge in [0.05, 0.1) is 11.9 Å². The lowest BCUT2D eigenvalue weighted by molar-refractivity contribution is 0.466. The highest BCUT2D eigenvalue weighted by atomic mass is 19.1. The van der Waals surface area contributed by atoms with E-state index in [0.29, 0.717) is 22.7 Å². The van der Waals surface area contributed by atoms with E-state index in [1.54, 1.807) is 23.0 Å². The van der Waals surface area contributed by atoms with Crippen molar-refractivity contribution in [2.45, 2.75) is 6.92 Å². The summed E-state index contributed by atoms with van der Waals surface area (Å²) in [6, 6.07) is 13.8. The third kappa shape index (κ3) is 2.58. The summed E-state index contributed by atoms with van der Waals surface area (Å²) in [5.41, 5.74) is 2.72. The van der Waals surface area contributed by atoms with Crippen LogP contribution in [0.1, 0.15) is 5.56 Å². The molecule has 118 valence electrons. The number of hydrogen-bond donors (Lipinski definition) is 0. The van der Waals surface area contributed by atoms with Crippen LogP contribution in [0.4, 0.5) is 4.39 Å². The van der Waals surface area contributed by atoms with Gasteiger partial charge in [0.15, 0.2) is 5.65 Å². The minimum Gasteiger partial charge on any atom is -0.438 e. The standard InChI is InChI=1S/C18H13FN4O/c1-12-2-6-14(7-3-12)23-17-16(10-22-23)18(21-11-20-17)24-15-8-4-13(19)5-9-15/h2-11H,1H3. The molecule has 5 nitrogen and oxygen atoms in total. The molecule has 0 aliphatic carbocycles. The highest BCUT2D eigenvalue weighted by Gasteiger charge is 2.12. The van der Waals surface area contributed by atoms with Gasteiger partial charge in [-0.1, -0.05) is 17.7 Å². The van der Waals surface area contributed by atoms with E-state index in [2.05, 4.69) is 15.1 Å². The van der Waals surface area contributed by atoms with Crippen LogP contribution in [-0.2, 0) is 0 Å². The SMILES string of the molecule is Cc1ccc(-n2ncc3c(Oc4ccc(F)cc4)ncnc32)cc1. The molecule has 0 bridgehead atoms. The first kappa shape index (κ1) is 14.3. The van der Waals surface area contributed by atoms with Crippen molar-refractivity contribution in [3.63, 3.8) is 0 Å². The number of fused-ring (bicyclic) bond motifs is 1. The third-order valence-corrected chi connectivity index (χ3v) is 3.64. The monoisotopic (exact) mass is 320 g/mol. The number of nitrogens with zero attached hydrogens (tertiary/aromatic N) is 4. The predicted molar refractivity (Wildman–Crippen MR) is 87.9 cm³/mol. The zero-order valence-electron chi connectivity index (χ0n) is 12.8. The summed E-state index contributed by atoms with van der Waals surface area (Å²) >= 11 is 0. The van der Waals surface area contributed by atoms with E-state index in [1.807, 2.05) is 31.2 Å². The molecule has 0 saturated carbocycles. The second kappa shape index (κ2) is 5.73. The lowest BCUT2D eigenvalue weighted by atomic mass is 10.2. The Morgan fingerprint density at radius 3 is 2.46 bits per heavy atom. The van der Waals surface area contributed by atoms with Crippen molar-refractivity contribution >= 4 is 11.0 Å². The van der Waals surface area contributed by atoms with Crippen LogP contribution in [0.15, 0.2) is 61.1 Å². The van der Waals surface area contributed by atoms with Gasteiger partial charge in [-0.2, -0.15) is 5.10 Å². The molecule has 2 heterocycles. The maximum absolute atomic E-state index is 13.0. The first-order valence-corrected chi connectivity index (χ1v) is 7.40. The molecule has 0 amide bonds. The lowest BCUT2D eigenvalue weighted by Crippen LogP contribution is -1.98. The number of aromatic nitrogens is 4. The fraction of sp³-hybridized carbons (Fsp3) is 0.0556. The first-order chi connectivity index (χ1) is 11.7. The maximum Gasteiger partial charge on any atom is 0.233 e. The fourth-order valence-electron chi connectivity index (χ4n) is 2.39. The highest BCUT2D eigenvalue weighted by Crippen LogP contribution is 2.27. The van der Waals surface area contributed by atoms with Gasteiger partial charge in [0, 0.05) is 0 Å². The van der Waals surface area contributed by atoms with E-state index in [-0.39, 0.29) is 5.82 Å². The smallest absolute Gasteiger partial charge is 0.233 e. The zero-order valence-corrected chi connectivity index (χ0v) is 12.8. The minimum absolute atomic E-state index is 0.317. The quantitative estimate of drug-likeness (QED) is 0.571. The van der Waals surface area contributed by atoms with Gasteiger partial charge >= 0.3 is 0 Å².